The van der Waals surface area contributed by atoms with Crippen molar-refractivity contribution < 1.29 is 4.39 Å². The fourth-order valence-electron chi connectivity index (χ4n) is 2.83. The first-order chi connectivity index (χ1) is 11.8. The number of nitrogens with zero attached hydrogens (tertiary/aromatic N) is 4. The van der Waals surface area contributed by atoms with Crippen LogP contribution >= 0.6 is 0 Å². The van der Waals surface area contributed by atoms with Gasteiger partial charge in [-0.25, -0.2) is 9.97 Å². The highest BCUT2D eigenvalue weighted by atomic mass is 19.1. The molecule has 120 valence electrons. The zero-order valence-electron chi connectivity index (χ0n) is 13.0. The second-order valence-corrected chi connectivity index (χ2v) is 5.65. The number of aryl methyl sites for hydroxylation is 1. The van der Waals surface area contributed by atoms with E-state index in [1.54, 1.807) is 18.7 Å². The van der Waals surface area contributed by atoms with Crippen LogP contribution in [-0.4, -0.2) is 31.2 Å². The maximum absolute atomic E-state index is 12.7. The van der Waals surface area contributed by atoms with Crippen molar-refractivity contribution in [2.45, 2.75) is 13.0 Å². The van der Waals surface area contributed by atoms with Crippen molar-refractivity contribution in [2.24, 2.45) is 0 Å². The van der Waals surface area contributed by atoms with Gasteiger partial charge in [-0.3, -0.25) is 9.37 Å². The molecule has 6 heteroatoms. The molecule has 0 aliphatic carbocycles. The fraction of sp³-hybridized carbons (Fsp3) is 0.167. The molecule has 0 saturated heterocycles. The first kappa shape index (κ1) is 14.6. The molecule has 0 aliphatic heterocycles. The average Bonchev–Trinajstić information content (AvgIpc) is 3.25. The van der Waals surface area contributed by atoms with Crippen LogP contribution < -0.4 is 0 Å². The molecule has 0 spiro atoms. The van der Waals surface area contributed by atoms with Crippen LogP contribution in [0.4, 0.5) is 4.39 Å². The Hall–Kier alpha value is -3.02. The number of pyridine rings is 1. The van der Waals surface area contributed by atoms with Crippen molar-refractivity contribution in [3.05, 3.63) is 66.5 Å². The van der Waals surface area contributed by atoms with E-state index in [-0.39, 0.29) is 6.67 Å². The molecule has 0 amide bonds. The van der Waals surface area contributed by atoms with Gasteiger partial charge in [-0.05, 0) is 23.3 Å². The third kappa shape index (κ3) is 2.78. The molecule has 0 atom stereocenters. The van der Waals surface area contributed by atoms with Crippen LogP contribution in [0.3, 0.4) is 0 Å². The van der Waals surface area contributed by atoms with Gasteiger partial charge in [-0.2, -0.15) is 0 Å². The molecular weight excluding hydrogens is 305 g/mol. The number of hydrogen-bond acceptors (Lipinski definition) is 3. The number of para-hydroxylation sites is 1. The third-order valence-corrected chi connectivity index (χ3v) is 3.96. The highest BCUT2D eigenvalue weighted by Gasteiger charge is 2.09. The van der Waals surface area contributed by atoms with E-state index in [4.69, 9.17) is 0 Å². The zero-order chi connectivity index (χ0) is 16.4. The van der Waals surface area contributed by atoms with Gasteiger partial charge in [0.25, 0.3) is 0 Å². The van der Waals surface area contributed by atoms with Crippen LogP contribution in [-0.2, 0) is 13.0 Å². The van der Waals surface area contributed by atoms with Gasteiger partial charge in [0, 0.05) is 36.8 Å². The molecule has 1 aromatic carbocycles. The van der Waals surface area contributed by atoms with Crippen LogP contribution in [0.25, 0.3) is 22.4 Å². The van der Waals surface area contributed by atoms with Crippen molar-refractivity contribution in [3.63, 3.8) is 0 Å². The lowest BCUT2D eigenvalue weighted by Gasteiger charge is -2.04. The van der Waals surface area contributed by atoms with Crippen LogP contribution in [0.15, 0.2) is 55.4 Å². The van der Waals surface area contributed by atoms with Crippen molar-refractivity contribution in [2.75, 3.05) is 6.67 Å². The summed E-state index contributed by atoms with van der Waals surface area (Å²) in [6, 6.07) is 7.82. The van der Waals surface area contributed by atoms with E-state index in [9.17, 15) is 4.39 Å². The molecule has 1 N–H and O–H groups in total. The van der Waals surface area contributed by atoms with Gasteiger partial charge in [-0.1, -0.05) is 12.1 Å². The molecule has 4 aromatic rings. The summed E-state index contributed by atoms with van der Waals surface area (Å²) in [6.07, 6.45) is 9.44. The number of fused-ring (bicyclic) bond motifs is 1. The van der Waals surface area contributed by atoms with Gasteiger partial charge in [-0.15, -0.1) is 0 Å². The highest BCUT2D eigenvalue weighted by molar-refractivity contribution is 5.82. The normalized spacial score (nSPS) is 11.2. The Morgan fingerprint density at radius 2 is 2.12 bits per heavy atom. The van der Waals surface area contributed by atoms with Crippen molar-refractivity contribution in [1.29, 1.82) is 0 Å². The molecular formula is C18H16FN5. The Kier molecular flexibility index (Phi) is 3.78. The summed E-state index contributed by atoms with van der Waals surface area (Å²) in [5.41, 5.74) is 4.65. The summed E-state index contributed by atoms with van der Waals surface area (Å²) in [6.45, 7) is 0.323. The first-order valence-corrected chi connectivity index (χ1v) is 7.77. The third-order valence-electron chi connectivity index (χ3n) is 3.96. The number of aromatic amines is 1. The van der Waals surface area contributed by atoms with Crippen LogP contribution in [0, 0.1) is 0 Å². The Labute approximate surface area is 138 Å². The van der Waals surface area contributed by atoms with E-state index in [0.29, 0.717) is 13.0 Å². The molecule has 0 radical (unpaired) electrons. The van der Waals surface area contributed by atoms with E-state index in [2.05, 4.69) is 26.0 Å². The minimum Gasteiger partial charge on any atom is -0.338 e. The second-order valence-electron chi connectivity index (χ2n) is 5.65. The number of hydrogen-bond donors (Lipinski definition) is 1. The molecule has 3 heterocycles. The topological polar surface area (TPSA) is 59.4 Å². The molecule has 0 fully saturated rings. The number of nitrogens with one attached hydrogen (secondary N) is 1. The number of alkyl halides is 1. The Morgan fingerprint density at radius 3 is 2.96 bits per heavy atom. The number of benzene rings is 1. The van der Waals surface area contributed by atoms with Crippen LogP contribution in [0.2, 0.25) is 0 Å². The number of halogens is 1. The lowest BCUT2D eigenvalue weighted by atomic mass is 10.1. The summed E-state index contributed by atoms with van der Waals surface area (Å²) in [5, 5.41) is 0. The van der Waals surface area contributed by atoms with E-state index in [1.165, 1.54) is 0 Å². The molecule has 5 nitrogen and oxygen atoms in total. The fourth-order valence-corrected chi connectivity index (χ4v) is 2.83. The second kappa shape index (κ2) is 6.23. The van der Waals surface area contributed by atoms with Gasteiger partial charge in [0.15, 0.2) is 0 Å². The average molecular weight is 321 g/mol. The highest BCUT2D eigenvalue weighted by Crippen LogP contribution is 2.23. The lowest BCUT2D eigenvalue weighted by molar-refractivity contribution is 0.496. The summed E-state index contributed by atoms with van der Waals surface area (Å²) in [5.74, 6) is 0.747. The van der Waals surface area contributed by atoms with E-state index < -0.39 is 0 Å². The number of aromatic nitrogens is 5. The maximum Gasteiger partial charge on any atom is 0.140 e. The van der Waals surface area contributed by atoms with Crippen molar-refractivity contribution in [3.8, 4) is 11.4 Å². The Morgan fingerprint density at radius 1 is 1.17 bits per heavy atom. The van der Waals surface area contributed by atoms with E-state index >= 15 is 0 Å². The standard InChI is InChI=1S/C18H16FN5/c19-5-4-14-2-1-3-16-17(14)23-18(22-16)15-8-13(9-21-10-15)11-24-7-6-20-12-24/h1-3,6-10,12H,4-5,11H2,(H,22,23). The Bertz CT molecular complexity index is 959. The maximum atomic E-state index is 12.7. The summed E-state index contributed by atoms with van der Waals surface area (Å²) < 4.78 is 14.7. The molecule has 24 heavy (non-hydrogen) atoms. The summed E-state index contributed by atoms with van der Waals surface area (Å²) in [4.78, 5) is 16.3. The van der Waals surface area contributed by atoms with Gasteiger partial charge in [0.1, 0.15) is 5.82 Å². The molecule has 0 unspecified atom stereocenters. The first-order valence-electron chi connectivity index (χ1n) is 7.77. The van der Waals surface area contributed by atoms with Gasteiger partial charge in [0.05, 0.1) is 30.6 Å². The van der Waals surface area contributed by atoms with Crippen LogP contribution in [0.5, 0.6) is 0 Å². The SMILES string of the molecule is FCCc1cccc2nc(-c3cncc(Cn4ccnc4)c3)[nH]c12. The molecule has 0 bridgehead atoms. The molecule has 4 rings (SSSR count). The predicted octanol–water partition coefficient (Wildman–Crippen LogP) is 3.38. The van der Waals surface area contributed by atoms with E-state index in [1.807, 2.05) is 35.2 Å². The van der Waals surface area contributed by atoms with Gasteiger partial charge >= 0.3 is 0 Å². The van der Waals surface area contributed by atoms with Crippen molar-refractivity contribution >= 4 is 11.0 Å². The van der Waals surface area contributed by atoms with E-state index in [0.717, 1.165) is 33.5 Å². The van der Waals surface area contributed by atoms with Gasteiger partial charge < -0.3 is 9.55 Å². The quantitative estimate of drug-likeness (QED) is 0.613. The minimum absolute atomic E-state index is 0.380. The number of H-pyrrole nitrogens is 1. The zero-order valence-corrected chi connectivity index (χ0v) is 13.0. The summed E-state index contributed by atoms with van der Waals surface area (Å²) >= 11 is 0. The molecule has 0 saturated carbocycles. The minimum atomic E-state index is -0.380. The van der Waals surface area contributed by atoms with Crippen LogP contribution in [0.1, 0.15) is 11.1 Å². The Balaban J connectivity index is 1.70. The molecule has 3 aromatic heterocycles. The largest absolute Gasteiger partial charge is 0.338 e. The molecule has 0 aliphatic rings. The monoisotopic (exact) mass is 321 g/mol. The van der Waals surface area contributed by atoms with Crippen molar-refractivity contribution in [1.82, 2.24) is 24.5 Å². The number of imidazole rings is 2. The van der Waals surface area contributed by atoms with Gasteiger partial charge in [0.2, 0.25) is 0 Å². The smallest absolute Gasteiger partial charge is 0.140 e. The number of rotatable bonds is 5. The lowest BCUT2D eigenvalue weighted by Crippen LogP contribution is -1.97. The summed E-state index contributed by atoms with van der Waals surface area (Å²) in [7, 11) is 0. The predicted molar refractivity (Wildman–Crippen MR) is 90.3 cm³/mol.